The standard InChI is InChI=1S/C20H28N4O/c25-20(15-7-8-19-16(13-15)14-21-23-19)22-17-9-11-24(12-10-17)18-5-3-1-2-4-6-18/h7-8,13-14,17-18H,1-6,9-12H2,(H,21,23)(H,22,25). The monoisotopic (exact) mass is 340 g/mol. The number of hydrogen-bond acceptors (Lipinski definition) is 3. The second-order valence-corrected chi connectivity index (χ2v) is 7.60. The Morgan fingerprint density at radius 1 is 1.08 bits per heavy atom. The Labute approximate surface area is 149 Å². The van der Waals surface area contributed by atoms with Gasteiger partial charge >= 0.3 is 0 Å². The first-order valence-corrected chi connectivity index (χ1v) is 9.77. The molecule has 0 spiro atoms. The molecule has 1 saturated carbocycles. The van der Waals surface area contributed by atoms with E-state index in [4.69, 9.17) is 0 Å². The van der Waals surface area contributed by atoms with E-state index < -0.39 is 0 Å². The molecule has 2 heterocycles. The van der Waals surface area contributed by atoms with Gasteiger partial charge in [-0.15, -0.1) is 0 Å². The first-order valence-electron chi connectivity index (χ1n) is 9.77. The SMILES string of the molecule is O=C(NC1CCN(C2CCCCCC2)CC1)c1ccc2[nH]ncc2c1. The third-order valence-electron chi connectivity index (χ3n) is 5.91. The number of nitrogens with one attached hydrogen (secondary N) is 2. The van der Waals surface area contributed by atoms with Crippen molar-refractivity contribution in [3.05, 3.63) is 30.0 Å². The van der Waals surface area contributed by atoms with Crippen molar-refractivity contribution in [2.45, 2.75) is 63.5 Å². The zero-order valence-electron chi connectivity index (χ0n) is 14.8. The van der Waals surface area contributed by atoms with Crippen LogP contribution in [0.4, 0.5) is 0 Å². The van der Waals surface area contributed by atoms with Crippen molar-refractivity contribution >= 4 is 16.8 Å². The summed E-state index contributed by atoms with van der Waals surface area (Å²) in [5, 5.41) is 11.1. The lowest BCUT2D eigenvalue weighted by molar-refractivity contribution is 0.0883. The number of H-pyrrole nitrogens is 1. The summed E-state index contributed by atoms with van der Waals surface area (Å²) in [6.07, 6.45) is 12.2. The largest absolute Gasteiger partial charge is 0.349 e. The van der Waals surface area contributed by atoms with E-state index in [0.717, 1.165) is 48.4 Å². The maximum atomic E-state index is 12.6. The lowest BCUT2D eigenvalue weighted by atomic mass is 9.99. The van der Waals surface area contributed by atoms with Gasteiger partial charge in [-0.1, -0.05) is 25.7 Å². The van der Waals surface area contributed by atoms with Crippen LogP contribution in [0.1, 0.15) is 61.7 Å². The van der Waals surface area contributed by atoms with Gasteiger partial charge in [0.1, 0.15) is 0 Å². The summed E-state index contributed by atoms with van der Waals surface area (Å²) >= 11 is 0. The van der Waals surface area contributed by atoms with Gasteiger partial charge in [-0.25, -0.2) is 0 Å². The molecule has 1 aliphatic heterocycles. The van der Waals surface area contributed by atoms with Gasteiger partial charge in [-0.3, -0.25) is 9.89 Å². The zero-order valence-corrected chi connectivity index (χ0v) is 14.8. The summed E-state index contributed by atoms with van der Waals surface area (Å²) in [5.41, 5.74) is 1.69. The van der Waals surface area contributed by atoms with E-state index in [9.17, 15) is 4.79 Å². The minimum atomic E-state index is 0.0380. The highest BCUT2D eigenvalue weighted by molar-refractivity contribution is 5.98. The van der Waals surface area contributed by atoms with Crippen molar-refractivity contribution in [3.8, 4) is 0 Å². The molecule has 5 heteroatoms. The van der Waals surface area contributed by atoms with E-state index in [0.29, 0.717) is 6.04 Å². The summed E-state index contributed by atoms with van der Waals surface area (Å²) in [6.45, 7) is 2.24. The molecule has 25 heavy (non-hydrogen) atoms. The van der Waals surface area contributed by atoms with Crippen LogP contribution in [0.25, 0.3) is 10.9 Å². The molecule has 2 fully saturated rings. The molecule has 0 atom stereocenters. The maximum absolute atomic E-state index is 12.6. The first kappa shape index (κ1) is 16.6. The molecule has 0 bridgehead atoms. The van der Waals surface area contributed by atoms with Gasteiger partial charge in [0.15, 0.2) is 0 Å². The number of aromatic amines is 1. The number of hydrogen-bond donors (Lipinski definition) is 2. The molecule has 2 aliphatic rings. The van der Waals surface area contributed by atoms with Gasteiger partial charge in [0.2, 0.25) is 0 Å². The number of benzene rings is 1. The fourth-order valence-electron chi connectivity index (χ4n) is 4.38. The molecule has 0 radical (unpaired) electrons. The quantitative estimate of drug-likeness (QED) is 0.841. The molecule has 5 nitrogen and oxygen atoms in total. The molecule has 4 rings (SSSR count). The van der Waals surface area contributed by atoms with E-state index in [1.54, 1.807) is 6.20 Å². The number of carbonyl (C=O) groups is 1. The molecule has 1 aromatic carbocycles. The summed E-state index contributed by atoms with van der Waals surface area (Å²) in [5.74, 6) is 0.0380. The van der Waals surface area contributed by atoms with Gasteiger partial charge in [-0.2, -0.15) is 5.10 Å². The number of aromatic nitrogens is 2. The topological polar surface area (TPSA) is 61.0 Å². The average Bonchev–Trinajstić information content (AvgIpc) is 2.94. The van der Waals surface area contributed by atoms with E-state index in [2.05, 4.69) is 20.4 Å². The number of fused-ring (bicyclic) bond motifs is 1. The van der Waals surface area contributed by atoms with Crippen molar-refractivity contribution in [1.82, 2.24) is 20.4 Å². The Hall–Kier alpha value is -1.88. The van der Waals surface area contributed by atoms with Crippen molar-refractivity contribution < 1.29 is 4.79 Å². The lowest BCUT2D eigenvalue weighted by Gasteiger charge is -2.37. The minimum Gasteiger partial charge on any atom is -0.349 e. The molecule has 0 unspecified atom stereocenters. The summed E-state index contributed by atoms with van der Waals surface area (Å²) in [7, 11) is 0. The van der Waals surface area contributed by atoms with Crippen LogP contribution in [0.2, 0.25) is 0 Å². The second-order valence-electron chi connectivity index (χ2n) is 7.60. The van der Waals surface area contributed by atoms with Crippen LogP contribution < -0.4 is 5.32 Å². The molecule has 2 aromatic rings. The van der Waals surface area contributed by atoms with Crippen LogP contribution in [0, 0.1) is 0 Å². The third kappa shape index (κ3) is 3.87. The van der Waals surface area contributed by atoms with Crippen LogP contribution >= 0.6 is 0 Å². The normalized spacial score (nSPS) is 21.3. The summed E-state index contributed by atoms with van der Waals surface area (Å²) in [4.78, 5) is 15.2. The van der Waals surface area contributed by atoms with Crippen molar-refractivity contribution in [1.29, 1.82) is 0 Å². The first-order chi connectivity index (χ1) is 12.3. The summed E-state index contributed by atoms with van der Waals surface area (Å²) < 4.78 is 0. The zero-order chi connectivity index (χ0) is 17.1. The van der Waals surface area contributed by atoms with E-state index in [1.807, 2.05) is 18.2 Å². The minimum absolute atomic E-state index is 0.0380. The average molecular weight is 340 g/mol. The van der Waals surface area contributed by atoms with Gasteiger partial charge in [0.25, 0.3) is 5.91 Å². The Morgan fingerprint density at radius 2 is 1.84 bits per heavy atom. The van der Waals surface area contributed by atoms with Crippen molar-refractivity contribution in [2.24, 2.45) is 0 Å². The Bertz CT molecular complexity index is 709. The predicted molar refractivity (Wildman–Crippen MR) is 99.6 cm³/mol. The van der Waals surface area contributed by atoms with Gasteiger partial charge in [0.05, 0.1) is 11.7 Å². The number of rotatable bonds is 3. The third-order valence-corrected chi connectivity index (χ3v) is 5.91. The van der Waals surface area contributed by atoms with Gasteiger partial charge in [0, 0.05) is 36.1 Å². The second kappa shape index (κ2) is 7.56. The van der Waals surface area contributed by atoms with Crippen LogP contribution in [0.5, 0.6) is 0 Å². The fraction of sp³-hybridized carbons (Fsp3) is 0.600. The van der Waals surface area contributed by atoms with Gasteiger partial charge < -0.3 is 10.2 Å². The number of nitrogens with zero attached hydrogens (tertiary/aromatic N) is 2. The number of likely N-dealkylation sites (tertiary alicyclic amines) is 1. The Morgan fingerprint density at radius 3 is 2.60 bits per heavy atom. The molecule has 1 aliphatic carbocycles. The van der Waals surface area contributed by atoms with Gasteiger partial charge in [-0.05, 0) is 43.9 Å². The van der Waals surface area contributed by atoms with Crippen LogP contribution in [-0.4, -0.2) is 46.2 Å². The van der Waals surface area contributed by atoms with Crippen molar-refractivity contribution in [3.63, 3.8) is 0 Å². The van der Waals surface area contributed by atoms with E-state index in [1.165, 1.54) is 38.5 Å². The van der Waals surface area contributed by atoms with Crippen LogP contribution in [-0.2, 0) is 0 Å². The smallest absolute Gasteiger partial charge is 0.251 e. The molecular formula is C20H28N4O. The number of amides is 1. The molecule has 1 aromatic heterocycles. The Kier molecular flexibility index (Phi) is 5.02. The molecule has 2 N–H and O–H groups in total. The molecule has 1 amide bonds. The summed E-state index contributed by atoms with van der Waals surface area (Å²) in [6, 6.07) is 6.79. The highest BCUT2D eigenvalue weighted by Crippen LogP contribution is 2.25. The van der Waals surface area contributed by atoms with Crippen LogP contribution in [0.15, 0.2) is 24.4 Å². The van der Waals surface area contributed by atoms with Crippen molar-refractivity contribution in [2.75, 3.05) is 13.1 Å². The molecule has 1 saturated heterocycles. The van der Waals surface area contributed by atoms with E-state index >= 15 is 0 Å². The van der Waals surface area contributed by atoms with E-state index in [-0.39, 0.29) is 5.91 Å². The maximum Gasteiger partial charge on any atom is 0.251 e. The Balaban J connectivity index is 1.31. The predicted octanol–water partition coefficient (Wildman–Crippen LogP) is 3.48. The highest BCUT2D eigenvalue weighted by Gasteiger charge is 2.26. The molecular weight excluding hydrogens is 312 g/mol. The number of piperidine rings is 1. The van der Waals surface area contributed by atoms with Crippen LogP contribution in [0.3, 0.4) is 0 Å². The highest BCUT2D eigenvalue weighted by atomic mass is 16.1. The fourth-order valence-corrected chi connectivity index (χ4v) is 4.38. The lowest BCUT2D eigenvalue weighted by Crippen LogP contribution is -2.47. The number of carbonyl (C=O) groups excluding carboxylic acids is 1. The molecule has 134 valence electrons.